The zero-order valence-corrected chi connectivity index (χ0v) is 13.1. The first kappa shape index (κ1) is 15.0. The number of amidine groups is 1. The van der Waals surface area contributed by atoms with Gasteiger partial charge in [-0.3, -0.25) is 9.71 Å². The number of likely N-dealkylation sites (N-methyl/N-ethyl adjacent to an activating group) is 1. The Labute approximate surface area is 120 Å². The van der Waals surface area contributed by atoms with Crippen molar-refractivity contribution in [3.8, 4) is 0 Å². The van der Waals surface area contributed by atoms with Crippen LogP contribution in [0.1, 0.15) is 19.4 Å². The fourth-order valence-electron chi connectivity index (χ4n) is 2.17. The van der Waals surface area contributed by atoms with Crippen molar-refractivity contribution in [1.82, 2.24) is 9.62 Å². The molecule has 0 radical (unpaired) electrons. The molecule has 1 aromatic carbocycles. The quantitative estimate of drug-likeness (QED) is 0.911. The monoisotopic (exact) mass is 295 g/mol. The first-order chi connectivity index (χ1) is 9.31. The maximum Gasteiger partial charge on any atom is 0.263 e. The second-order valence-corrected chi connectivity index (χ2v) is 7.30. The molecule has 1 aromatic rings. The third-order valence-corrected chi connectivity index (χ3v) is 4.68. The summed E-state index contributed by atoms with van der Waals surface area (Å²) in [6.45, 7) is 4.96. The average molecular weight is 295 g/mol. The molecule has 1 aliphatic heterocycles. The molecule has 1 heterocycles. The second kappa shape index (κ2) is 5.54. The highest BCUT2D eigenvalue weighted by Crippen LogP contribution is 2.23. The minimum absolute atomic E-state index is 0.0499. The molecule has 1 atom stereocenters. The van der Waals surface area contributed by atoms with Gasteiger partial charge in [0, 0.05) is 12.1 Å². The van der Waals surface area contributed by atoms with Gasteiger partial charge in [-0.2, -0.15) is 0 Å². The van der Waals surface area contributed by atoms with Crippen molar-refractivity contribution in [3.63, 3.8) is 0 Å². The molecule has 2 rings (SSSR count). The van der Waals surface area contributed by atoms with E-state index in [1.54, 1.807) is 18.2 Å². The van der Waals surface area contributed by atoms with Crippen LogP contribution in [0.25, 0.3) is 0 Å². The van der Waals surface area contributed by atoms with Crippen molar-refractivity contribution < 1.29 is 8.42 Å². The fraction of sp³-hybridized carbons (Fsp3) is 0.500. The number of sulfonamides is 1. The standard InChI is InChI=1S/C14H21N3O2S/c1-10(2)12(9-17(3)4)15-14-11-7-5-6-8-13(11)20(18,19)16-14/h5-8,10,12H,9H2,1-4H3,(H,15,16). The van der Waals surface area contributed by atoms with Gasteiger partial charge in [0.1, 0.15) is 5.84 Å². The van der Waals surface area contributed by atoms with E-state index in [0.717, 1.165) is 6.54 Å². The van der Waals surface area contributed by atoms with Crippen molar-refractivity contribution in [2.24, 2.45) is 10.9 Å². The molecule has 1 N–H and O–H groups in total. The molecule has 0 saturated heterocycles. The normalized spacial score (nSPS) is 20.2. The summed E-state index contributed by atoms with van der Waals surface area (Å²) < 4.78 is 26.6. The van der Waals surface area contributed by atoms with Gasteiger partial charge >= 0.3 is 0 Å². The Kier molecular flexibility index (Phi) is 4.15. The molecular formula is C14H21N3O2S. The molecule has 0 aromatic heterocycles. The van der Waals surface area contributed by atoms with Crippen molar-refractivity contribution in [2.45, 2.75) is 24.8 Å². The lowest BCUT2D eigenvalue weighted by Crippen LogP contribution is -2.32. The Morgan fingerprint density at radius 3 is 2.50 bits per heavy atom. The van der Waals surface area contributed by atoms with Crippen LogP contribution in [0, 0.1) is 5.92 Å². The van der Waals surface area contributed by atoms with Crippen LogP contribution >= 0.6 is 0 Å². The summed E-state index contributed by atoms with van der Waals surface area (Å²) >= 11 is 0. The first-order valence-electron chi connectivity index (χ1n) is 6.66. The number of aliphatic imine (C=N–C) groups is 1. The van der Waals surface area contributed by atoms with Crippen molar-refractivity contribution in [1.29, 1.82) is 0 Å². The molecule has 1 aliphatic rings. The summed E-state index contributed by atoms with van der Waals surface area (Å²) in [5, 5.41) is 0. The maximum atomic E-state index is 12.0. The van der Waals surface area contributed by atoms with E-state index in [1.807, 2.05) is 20.2 Å². The maximum absolute atomic E-state index is 12.0. The van der Waals surface area contributed by atoms with Gasteiger partial charge in [-0.1, -0.05) is 26.0 Å². The summed E-state index contributed by atoms with van der Waals surface area (Å²) in [5.41, 5.74) is 0.664. The molecule has 110 valence electrons. The van der Waals surface area contributed by atoms with Crippen molar-refractivity contribution >= 4 is 15.9 Å². The van der Waals surface area contributed by atoms with Crippen molar-refractivity contribution in [3.05, 3.63) is 29.8 Å². The van der Waals surface area contributed by atoms with Crippen LogP contribution in [0.15, 0.2) is 34.2 Å². The van der Waals surface area contributed by atoms with E-state index in [1.165, 1.54) is 0 Å². The molecule has 0 spiro atoms. The summed E-state index contributed by atoms with van der Waals surface area (Å²) in [5.74, 6) is 0.795. The summed E-state index contributed by atoms with van der Waals surface area (Å²) in [6, 6.07) is 7.00. The van der Waals surface area contributed by atoms with Crippen molar-refractivity contribution in [2.75, 3.05) is 20.6 Å². The highest BCUT2D eigenvalue weighted by Gasteiger charge is 2.31. The molecule has 0 aliphatic carbocycles. The van der Waals surface area contributed by atoms with Gasteiger partial charge in [0.2, 0.25) is 0 Å². The molecule has 1 unspecified atom stereocenters. The Morgan fingerprint density at radius 2 is 1.90 bits per heavy atom. The molecular weight excluding hydrogens is 274 g/mol. The molecule has 20 heavy (non-hydrogen) atoms. The van der Waals surface area contributed by atoms with Crippen LogP contribution in [0.3, 0.4) is 0 Å². The van der Waals surface area contributed by atoms with Crippen LogP contribution in [-0.4, -0.2) is 45.8 Å². The van der Waals surface area contributed by atoms with Gasteiger partial charge in [0.25, 0.3) is 10.0 Å². The topological polar surface area (TPSA) is 61.8 Å². The third-order valence-electron chi connectivity index (χ3n) is 3.28. The predicted octanol–water partition coefficient (Wildman–Crippen LogP) is 1.31. The summed E-state index contributed by atoms with van der Waals surface area (Å²) in [6.07, 6.45) is 0. The van der Waals surface area contributed by atoms with E-state index in [0.29, 0.717) is 22.2 Å². The minimum atomic E-state index is -3.45. The lowest BCUT2D eigenvalue weighted by Gasteiger charge is -2.21. The Hall–Kier alpha value is -1.40. The molecule has 0 amide bonds. The molecule has 0 bridgehead atoms. The van der Waals surface area contributed by atoms with Gasteiger partial charge in [0.15, 0.2) is 0 Å². The first-order valence-corrected chi connectivity index (χ1v) is 8.14. The highest BCUT2D eigenvalue weighted by molar-refractivity contribution is 7.90. The van der Waals surface area contributed by atoms with Gasteiger partial charge in [-0.25, -0.2) is 8.42 Å². The summed E-state index contributed by atoms with van der Waals surface area (Å²) in [4.78, 5) is 7.01. The number of rotatable bonds is 4. The molecule has 0 fully saturated rings. The van der Waals surface area contributed by atoms with Crippen LogP contribution < -0.4 is 4.72 Å². The number of nitrogens with one attached hydrogen (secondary N) is 1. The number of benzene rings is 1. The van der Waals surface area contributed by atoms with Crippen LogP contribution in [0.2, 0.25) is 0 Å². The zero-order chi connectivity index (χ0) is 14.9. The average Bonchev–Trinajstić information content (AvgIpc) is 2.60. The zero-order valence-electron chi connectivity index (χ0n) is 12.3. The van der Waals surface area contributed by atoms with Gasteiger partial charge in [0.05, 0.1) is 10.9 Å². The lowest BCUT2D eigenvalue weighted by atomic mass is 10.0. The van der Waals surface area contributed by atoms with Gasteiger partial charge in [-0.05, 0) is 32.1 Å². The fourth-order valence-corrected chi connectivity index (χ4v) is 3.41. The van der Waals surface area contributed by atoms with E-state index >= 15 is 0 Å². The number of hydrogen-bond acceptors (Lipinski definition) is 4. The number of hydrogen-bond donors (Lipinski definition) is 1. The van der Waals surface area contributed by atoms with Gasteiger partial charge in [-0.15, -0.1) is 0 Å². The second-order valence-electron chi connectivity index (χ2n) is 5.65. The number of fused-ring (bicyclic) bond motifs is 1. The Bertz CT molecular complexity index is 621. The largest absolute Gasteiger partial charge is 0.307 e. The van der Waals surface area contributed by atoms with E-state index < -0.39 is 10.0 Å². The third kappa shape index (κ3) is 3.02. The van der Waals surface area contributed by atoms with E-state index in [2.05, 4.69) is 28.5 Å². The predicted molar refractivity (Wildman–Crippen MR) is 80.5 cm³/mol. The smallest absolute Gasteiger partial charge is 0.263 e. The van der Waals surface area contributed by atoms with E-state index in [4.69, 9.17) is 0 Å². The number of nitrogens with zero attached hydrogens (tertiary/aromatic N) is 2. The Morgan fingerprint density at radius 1 is 1.25 bits per heavy atom. The SMILES string of the molecule is CC(C)C(CN(C)C)N=C1NS(=O)(=O)c2ccccc21. The van der Waals surface area contributed by atoms with Crippen LogP contribution in [0.4, 0.5) is 0 Å². The highest BCUT2D eigenvalue weighted by atomic mass is 32.2. The molecule has 0 saturated carbocycles. The molecule has 5 nitrogen and oxygen atoms in total. The minimum Gasteiger partial charge on any atom is -0.307 e. The Balaban J connectivity index is 2.41. The van der Waals surface area contributed by atoms with E-state index in [-0.39, 0.29) is 6.04 Å². The molecule has 6 heteroatoms. The van der Waals surface area contributed by atoms with E-state index in [9.17, 15) is 8.42 Å². The van der Waals surface area contributed by atoms with Crippen LogP contribution in [0.5, 0.6) is 0 Å². The van der Waals surface area contributed by atoms with Gasteiger partial charge < -0.3 is 4.90 Å². The van der Waals surface area contributed by atoms with Crippen LogP contribution in [-0.2, 0) is 10.0 Å². The lowest BCUT2D eigenvalue weighted by molar-refractivity contribution is 0.332. The summed E-state index contributed by atoms with van der Waals surface area (Å²) in [7, 11) is 0.528.